The maximum Gasteiger partial charge on any atom is 0.213 e. The number of nitrogens with zero attached hydrogens (tertiary/aromatic N) is 2. The van der Waals surface area contributed by atoms with Crippen molar-refractivity contribution in [1.29, 1.82) is 0 Å². The summed E-state index contributed by atoms with van der Waals surface area (Å²) in [7, 11) is -1.77. The predicted octanol–water partition coefficient (Wildman–Crippen LogP) is 4.87. The molecule has 2 heterocycles. The minimum absolute atomic E-state index is 0.181. The number of thiazole rings is 1. The van der Waals surface area contributed by atoms with Gasteiger partial charge in [0, 0.05) is 23.2 Å². The fourth-order valence-corrected chi connectivity index (χ4v) is 3.26. The summed E-state index contributed by atoms with van der Waals surface area (Å²) in [6.07, 6.45) is 1.46. The van der Waals surface area contributed by atoms with E-state index >= 15 is 0 Å². The largest absolute Gasteiger partial charge is 0.411 e. The van der Waals surface area contributed by atoms with E-state index in [1.807, 2.05) is 5.38 Å². The molecule has 3 nitrogen and oxygen atoms in total. The van der Waals surface area contributed by atoms with Crippen molar-refractivity contribution >= 4 is 19.7 Å². The van der Waals surface area contributed by atoms with Gasteiger partial charge in [-0.15, -0.1) is 11.3 Å². The van der Waals surface area contributed by atoms with Gasteiger partial charge in [-0.3, -0.25) is 0 Å². The van der Waals surface area contributed by atoms with Gasteiger partial charge in [0.15, 0.2) is 8.32 Å². The highest BCUT2D eigenvalue weighted by molar-refractivity contribution is 7.13. The zero-order chi connectivity index (χ0) is 15.7. The molecule has 114 valence electrons. The Morgan fingerprint density at radius 1 is 1.33 bits per heavy atom. The summed E-state index contributed by atoms with van der Waals surface area (Å²) in [5.41, 5.74) is 1.66. The molecule has 0 N–H and O–H groups in total. The molecule has 6 heteroatoms. The Labute approximate surface area is 130 Å². The summed E-state index contributed by atoms with van der Waals surface area (Å²) in [6, 6.07) is 3.16. The van der Waals surface area contributed by atoms with Crippen molar-refractivity contribution in [3.8, 4) is 10.6 Å². The maximum atomic E-state index is 13.1. The van der Waals surface area contributed by atoms with Crippen LogP contribution in [0.1, 0.15) is 26.5 Å². The first kappa shape index (κ1) is 16.3. The SMILES string of the molecule is CC(C)(C)[Si](C)(C)OCc1csc(-c2ccnc(F)c2)n1. The van der Waals surface area contributed by atoms with E-state index in [1.54, 1.807) is 6.07 Å². The Kier molecular flexibility index (Phi) is 4.60. The molecule has 2 aromatic heterocycles. The Morgan fingerprint density at radius 2 is 2.05 bits per heavy atom. The van der Waals surface area contributed by atoms with Crippen LogP contribution in [-0.2, 0) is 11.0 Å². The molecule has 2 aromatic rings. The number of halogens is 1. The number of pyridine rings is 1. The second-order valence-electron chi connectivity index (χ2n) is 6.56. The molecule has 0 saturated heterocycles. The van der Waals surface area contributed by atoms with Gasteiger partial charge in [0.05, 0.1) is 12.3 Å². The highest BCUT2D eigenvalue weighted by atomic mass is 32.1. The van der Waals surface area contributed by atoms with Crippen LogP contribution in [0.3, 0.4) is 0 Å². The van der Waals surface area contributed by atoms with Crippen molar-refractivity contribution in [2.24, 2.45) is 0 Å². The molecular weight excluding hydrogens is 303 g/mol. The second kappa shape index (κ2) is 5.94. The lowest BCUT2D eigenvalue weighted by Gasteiger charge is -2.35. The van der Waals surface area contributed by atoms with Crippen LogP contribution >= 0.6 is 11.3 Å². The standard InChI is InChI=1S/C15H21FN2OSSi/c1-15(2,3)21(4,5)19-9-12-10-20-14(18-12)11-6-7-17-13(16)8-11/h6-8,10H,9H2,1-5H3. The molecule has 0 fully saturated rings. The van der Waals surface area contributed by atoms with Crippen LogP contribution in [0.2, 0.25) is 18.1 Å². The number of hydrogen-bond acceptors (Lipinski definition) is 4. The first-order chi connectivity index (χ1) is 9.69. The van der Waals surface area contributed by atoms with Crippen LogP contribution in [0.15, 0.2) is 23.7 Å². The van der Waals surface area contributed by atoms with Crippen molar-refractivity contribution in [3.05, 3.63) is 35.4 Å². The van der Waals surface area contributed by atoms with Crippen LogP contribution in [0, 0.1) is 5.95 Å². The average molecular weight is 324 g/mol. The molecule has 21 heavy (non-hydrogen) atoms. The summed E-state index contributed by atoms with van der Waals surface area (Å²) in [5.74, 6) is -0.484. The molecule has 0 bridgehead atoms. The minimum Gasteiger partial charge on any atom is -0.411 e. The van der Waals surface area contributed by atoms with Crippen molar-refractivity contribution in [2.75, 3.05) is 0 Å². The van der Waals surface area contributed by atoms with E-state index in [-0.39, 0.29) is 5.04 Å². The highest BCUT2D eigenvalue weighted by Gasteiger charge is 2.37. The quantitative estimate of drug-likeness (QED) is 0.595. The zero-order valence-corrected chi connectivity index (χ0v) is 14.9. The first-order valence-electron chi connectivity index (χ1n) is 6.89. The monoisotopic (exact) mass is 324 g/mol. The third-order valence-corrected chi connectivity index (χ3v) is 9.33. The Bertz CT molecular complexity index is 622. The van der Waals surface area contributed by atoms with Crippen molar-refractivity contribution in [3.63, 3.8) is 0 Å². The predicted molar refractivity (Wildman–Crippen MR) is 87.3 cm³/mol. The molecule has 0 saturated carbocycles. The number of aromatic nitrogens is 2. The summed E-state index contributed by atoms with van der Waals surface area (Å²) in [4.78, 5) is 8.09. The van der Waals surface area contributed by atoms with E-state index in [0.29, 0.717) is 6.61 Å². The fourth-order valence-electron chi connectivity index (χ4n) is 1.51. The number of hydrogen-bond donors (Lipinski definition) is 0. The van der Waals surface area contributed by atoms with Gasteiger partial charge in [0.25, 0.3) is 0 Å². The van der Waals surface area contributed by atoms with Crippen molar-refractivity contribution in [1.82, 2.24) is 9.97 Å². The zero-order valence-electron chi connectivity index (χ0n) is 13.1. The van der Waals surface area contributed by atoms with E-state index in [2.05, 4.69) is 43.8 Å². The molecule has 0 aliphatic heterocycles. The van der Waals surface area contributed by atoms with Gasteiger partial charge in [-0.1, -0.05) is 20.8 Å². The fraction of sp³-hybridized carbons (Fsp3) is 0.467. The van der Waals surface area contributed by atoms with Gasteiger partial charge in [0.2, 0.25) is 5.95 Å². The molecule has 2 rings (SSSR count). The first-order valence-corrected chi connectivity index (χ1v) is 10.7. The lowest BCUT2D eigenvalue weighted by molar-refractivity contribution is 0.273. The number of rotatable bonds is 4. The summed E-state index contributed by atoms with van der Waals surface area (Å²) >= 11 is 1.50. The van der Waals surface area contributed by atoms with E-state index in [0.717, 1.165) is 16.3 Å². The van der Waals surface area contributed by atoms with Crippen molar-refractivity contribution < 1.29 is 8.82 Å². The van der Waals surface area contributed by atoms with Gasteiger partial charge in [-0.25, -0.2) is 9.97 Å². The van der Waals surface area contributed by atoms with Gasteiger partial charge in [-0.05, 0) is 24.2 Å². The molecule has 0 aromatic carbocycles. The maximum absolute atomic E-state index is 13.1. The van der Waals surface area contributed by atoms with Gasteiger partial charge < -0.3 is 4.43 Å². The third-order valence-electron chi connectivity index (χ3n) is 3.91. The second-order valence-corrected chi connectivity index (χ2v) is 12.2. The smallest absolute Gasteiger partial charge is 0.213 e. The highest BCUT2D eigenvalue weighted by Crippen LogP contribution is 2.37. The molecule has 0 aliphatic rings. The molecule has 0 unspecified atom stereocenters. The molecule has 0 atom stereocenters. The molecular formula is C15H21FN2OSSi. The molecule has 0 radical (unpaired) electrons. The van der Waals surface area contributed by atoms with Crippen LogP contribution in [-0.4, -0.2) is 18.3 Å². The topological polar surface area (TPSA) is 35.0 Å². The summed E-state index contributed by atoms with van der Waals surface area (Å²) < 4.78 is 19.3. The molecule has 0 amide bonds. The molecule has 0 spiro atoms. The minimum atomic E-state index is -1.77. The van der Waals surface area contributed by atoms with Gasteiger partial charge in [0.1, 0.15) is 5.01 Å². The average Bonchev–Trinajstić information content (AvgIpc) is 2.84. The van der Waals surface area contributed by atoms with Crippen LogP contribution < -0.4 is 0 Å². The lowest BCUT2D eigenvalue weighted by Crippen LogP contribution is -2.40. The van der Waals surface area contributed by atoms with Crippen molar-refractivity contribution in [2.45, 2.75) is 45.5 Å². The normalized spacial score (nSPS) is 12.7. The lowest BCUT2D eigenvalue weighted by atomic mass is 10.2. The third kappa shape index (κ3) is 3.96. The van der Waals surface area contributed by atoms with E-state index in [4.69, 9.17) is 4.43 Å². The molecule has 0 aliphatic carbocycles. The van der Waals surface area contributed by atoms with E-state index in [9.17, 15) is 4.39 Å². The Hall–Kier alpha value is -1.11. The van der Waals surface area contributed by atoms with Crippen LogP contribution in [0.5, 0.6) is 0 Å². The van der Waals surface area contributed by atoms with E-state index in [1.165, 1.54) is 23.6 Å². The van der Waals surface area contributed by atoms with Crippen LogP contribution in [0.4, 0.5) is 4.39 Å². The summed E-state index contributed by atoms with van der Waals surface area (Å²) in [6.45, 7) is 11.6. The van der Waals surface area contributed by atoms with E-state index < -0.39 is 14.3 Å². The van der Waals surface area contributed by atoms with Gasteiger partial charge >= 0.3 is 0 Å². The van der Waals surface area contributed by atoms with Gasteiger partial charge in [-0.2, -0.15) is 4.39 Å². The summed E-state index contributed by atoms with van der Waals surface area (Å²) in [5, 5.41) is 2.95. The van der Waals surface area contributed by atoms with Crippen LogP contribution in [0.25, 0.3) is 10.6 Å². The Balaban J connectivity index is 2.08. The Morgan fingerprint density at radius 3 is 2.67 bits per heavy atom.